The highest BCUT2D eigenvalue weighted by Gasteiger charge is 2.32. The fraction of sp³-hybridized carbons (Fsp3) is 0.471. The molecule has 1 saturated heterocycles. The number of ether oxygens (including phenoxy) is 2. The molecule has 2 aromatic rings. The Kier molecular flexibility index (Phi) is 4.17. The number of fused-ring (bicyclic) bond motifs is 1. The van der Waals surface area contributed by atoms with Crippen LogP contribution in [0.1, 0.15) is 29.9 Å². The fourth-order valence-electron chi connectivity index (χ4n) is 3.13. The molecule has 126 valence electrons. The summed E-state index contributed by atoms with van der Waals surface area (Å²) in [5.74, 6) is 1.59. The maximum absolute atomic E-state index is 12.5. The first-order chi connectivity index (χ1) is 11.8. The maximum Gasteiger partial charge on any atom is 0.252 e. The molecule has 0 N–H and O–H groups in total. The molecule has 7 nitrogen and oxygen atoms in total. The van der Waals surface area contributed by atoms with Crippen molar-refractivity contribution in [3.05, 3.63) is 41.5 Å². The Morgan fingerprint density at radius 3 is 3.21 bits per heavy atom. The van der Waals surface area contributed by atoms with Crippen LogP contribution < -0.4 is 4.74 Å². The number of hydrogen-bond donors (Lipinski definition) is 0. The van der Waals surface area contributed by atoms with Gasteiger partial charge in [0, 0.05) is 31.3 Å². The Morgan fingerprint density at radius 1 is 1.46 bits per heavy atom. The third-order valence-corrected chi connectivity index (χ3v) is 4.44. The van der Waals surface area contributed by atoms with Crippen LogP contribution in [-0.4, -0.2) is 40.2 Å². The number of amides is 1. The van der Waals surface area contributed by atoms with E-state index in [-0.39, 0.29) is 12.0 Å². The molecule has 1 amide bonds. The zero-order chi connectivity index (χ0) is 16.4. The summed E-state index contributed by atoms with van der Waals surface area (Å²) in [6.45, 7) is 2.12. The van der Waals surface area contributed by atoms with Gasteiger partial charge in [0.2, 0.25) is 0 Å². The van der Waals surface area contributed by atoms with E-state index in [9.17, 15) is 4.79 Å². The minimum absolute atomic E-state index is 0.0680. The molecule has 7 heteroatoms. The van der Waals surface area contributed by atoms with Gasteiger partial charge in [0.1, 0.15) is 29.9 Å². The smallest absolute Gasteiger partial charge is 0.252 e. The molecule has 1 fully saturated rings. The predicted octanol–water partition coefficient (Wildman–Crippen LogP) is 1.71. The lowest BCUT2D eigenvalue weighted by Crippen LogP contribution is -2.41. The summed E-state index contributed by atoms with van der Waals surface area (Å²) in [4.78, 5) is 18.4. The minimum Gasteiger partial charge on any atom is -0.486 e. The first-order valence-electron chi connectivity index (χ1n) is 8.21. The molecule has 0 saturated carbocycles. The number of rotatable bonds is 4. The average molecular weight is 329 g/mol. The highest BCUT2D eigenvalue weighted by atomic mass is 16.5. The lowest BCUT2D eigenvalue weighted by molar-refractivity contribution is -0.142. The quantitative estimate of drug-likeness (QED) is 0.850. The average Bonchev–Trinajstić information content (AvgIpc) is 3.30. The summed E-state index contributed by atoms with van der Waals surface area (Å²) in [5.41, 5.74) is 1.69. The Balaban J connectivity index is 1.44. The Hall–Kier alpha value is -2.41. The SMILES string of the molecule is O=C([C@@H]1CCCO1)N1CCc2onc(COc3cccnc3)c2C1. The van der Waals surface area contributed by atoms with E-state index >= 15 is 0 Å². The van der Waals surface area contributed by atoms with Crippen LogP contribution >= 0.6 is 0 Å². The molecule has 0 aliphatic carbocycles. The van der Waals surface area contributed by atoms with E-state index in [1.807, 2.05) is 17.0 Å². The Labute approximate surface area is 139 Å². The fourth-order valence-corrected chi connectivity index (χ4v) is 3.13. The normalized spacial score (nSPS) is 20.0. The van der Waals surface area contributed by atoms with E-state index in [0.717, 1.165) is 29.9 Å². The van der Waals surface area contributed by atoms with Crippen molar-refractivity contribution in [2.24, 2.45) is 0 Å². The van der Waals surface area contributed by atoms with Crippen LogP contribution in [0.4, 0.5) is 0 Å². The molecule has 0 unspecified atom stereocenters. The van der Waals surface area contributed by atoms with Crippen LogP contribution in [-0.2, 0) is 29.1 Å². The van der Waals surface area contributed by atoms with Crippen LogP contribution in [0.5, 0.6) is 5.75 Å². The first-order valence-corrected chi connectivity index (χ1v) is 8.21. The second kappa shape index (κ2) is 6.60. The third-order valence-electron chi connectivity index (χ3n) is 4.44. The maximum atomic E-state index is 12.5. The van der Waals surface area contributed by atoms with Gasteiger partial charge in [-0.2, -0.15) is 0 Å². The zero-order valence-electron chi connectivity index (χ0n) is 13.3. The molecule has 2 aliphatic rings. The van der Waals surface area contributed by atoms with Crippen molar-refractivity contribution in [2.45, 2.75) is 38.5 Å². The summed E-state index contributed by atoms with van der Waals surface area (Å²) >= 11 is 0. The summed E-state index contributed by atoms with van der Waals surface area (Å²) in [6.07, 6.45) is 5.49. The number of pyridine rings is 1. The molecule has 4 heterocycles. The molecular formula is C17H19N3O4. The molecule has 0 spiro atoms. The van der Waals surface area contributed by atoms with Crippen LogP contribution in [0, 0.1) is 0 Å². The molecule has 4 rings (SSSR count). The van der Waals surface area contributed by atoms with Gasteiger partial charge in [-0.25, -0.2) is 0 Å². The van der Waals surface area contributed by atoms with E-state index in [4.69, 9.17) is 14.0 Å². The van der Waals surface area contributed by atoms with Gasteiger partial charge in [0.25, 0.3) is 5.91 Å². The van der Waals surface area contributed by atoms with E-state index in [2.05, 4.69) is 10.1 Å². The minimum atomic E-state index is -0.290. The molecule has 1 atom stereocenters. The number of aromatic nitrogens is 2. The van der Waals surface area contributed by atoms with Gasteiger partial charge in [-0.1, -0.05) is 5.16 Å². The highest BCUT2D eigenvalue weighted by molar-refractivity contribution is 5.81. The standard InChI is InChI=1S/C17H19N3O4/c21-17(16-4-2-8-22-16)20-7-5-15-13(10-20)14(19-24-15)11-23-12-3-1-6-18-9-12/h1,3,6,9,16H,2,4-5,7-8,10-11H2/t16-/m0/s1. The first kappa shape index (κ1) is 15.1. The second-order valence-electron chi connectivity index (χ2n) is 6.02. The summed E-state index contributed by atoms with van der Waals surface area (Å²) < 4.78 is 16.6. The van der Waals surface area contributed by atoms with E-state index in [1.54, 1.807) is 12.4 Å². The van der Waals surface area contributed by atoms with Gasteiger partial charge in [-0.3, -0.25) is 9.78 Å². The van der Waals surface area contributed by atoms with Crippen molar-refractivity contribution in [1.82, 2.24) is 15.0 Å². The molecular weight excluding hydrogens is 310 g/mol. The monoisotopic (exact) mass is 329 g/mol. The lowest BCUT2D eigenvalue weighted by Gasteiger charge is -2.28. The summed E-state index contributed by atoms with van der Waals surface area (Å²) in [5, 5.41) is 4.11. The second-order valence-corrected chi connectivity index (χ2v) is 6.02. The van der Waals surface area contributed by atoms with Crippen molar-refractivity contribution in [3.63, 3.8) is 0 Å². The largest absolute Gasteiger partial charge is 0.486 e. The van der Waals surface area contributed by atoms with Crippen molar-refractivity contribution in [2.75, 3.05) is 13.2 Å². The molecule has 2 aromatic heterocycles. The number of nitrogens with zero attached hydrogens (tertiary/aromatic N) is 3. The summed E-state index contributed by atoms with van der Waals surface area (Å²) in [7, 11) is 0. The molecule has 24 heavy (non-hydrogen) atoms. The third kappa shape index (κ3) is 2.99. The van der Waals surface area contributed by atoms with Gasteiger partial charge < -0.3 is 18.9 Å². The topological polar surface area (TPSA) is 77.7 Å². The van der Waals surface area contributed by atoms with Crippen molar-refractivity contribution < 1.29 is 18.8 Å². The van der Waals surface area contributed by atoms with Crippen LogP contribution in [0.15, 0.2) is 29.0 Å². The molecule has 2 aliphatic heterocycles. The lowest BCUT2D eigenvalue weighted by atomic mass is 10.1. The van der Waals surface area contributed by atoms with Gasteiger partial charge in [-0.15, -0.1) is 0 Å². The van der Waals surface area contributed by atoms with Crippen molar-refractivity contribution in [1.29, 1.82) is 0 Å². The Bertz CT molecular complexity index is 710. The molecule has 0 radical (unpaired) electrons. The van der Waals surface area contributed by atoms with Crippen LogP contribution in [0.25, 0.3) is 0 Å². The van der Waals surface area contributed by atoms with E-state index in [0.29, 0.717) is 38.5 Å². The highest BCUT2D eigenvalue weighted by Crippen LogP contribution is 2.25. The number of carbonyl (C=O) groups is 1. The predicted molar refractivity (Wildman–Crippen MR) is 83.2 cm³/mol. The van der Waals surface area contributed by atoms with Crippen molar-refractivity contribution >= 4 is 5.91 Å². The zero-order valence-corrected chi connectivity index (χ0v) is 13.3. The molecule has 0 bridgehead atoms. The van der Waals surface area contributed by atoms with Gasteiger partial charge >= 0.3 is 0 Å². The number of hydrogen-bond acceptors (Lipinski definition) is 6. The van der Waals surface area contributed by atoms with Crippen LogP contribution in [0.3, 0.4) is 0 Å². The van der Waals surface area contributed by atoms with Crippen molar-refractivity contribution in [3.8, 4) is 5.75 Å². The summed E-state index contributed by atoms with van der Waals surface area (Å²) in [6, 6.07) is 3.66. The molecule has 0 aromatic carbocycles. The Morgan fingerprint density at radius 2 is 2.42 bits per heavy atom. The van der Waals surface area contributed by atoms with Gasteiger partial charge in [0.15, 0.2) is 0 Å². The van der Waals surface area contributed by atoms with E-state index < -0.39 is 0 Å². The van der Waals surface area contributed by atoms with E-state index in [1.165, 1.54) is 0 Å². The van der Waals surface area contributed by atoms with Gasteiger partial charge in [-0.05, 0) is 25.0 Å². The number of carbonyl (C=O) groups excluding carboxylic acids is 1. The van der Waals surface area contributed by atoms with Gasteiger partial charge in [0.05, 0.1) is 12.7 Å². The van der Waals surface area contributed by atoms with Crippen LogP contribution in [0.2, 0.25) is 0 Å².